The first kappa shape index (κ1) is 7.11. The van der Waals surface area contributed by atoms with E-state index in [1.165, 1.54) is 7.11 Å². The SMILES string of the molecule is CONc1ccc(CN)o1. The molecule has 0 aliphatic rings. The molecule has 0 atom stereocenters. The average molecular weight is 142 g/mol. The standard InChI is InChI=1S/C6H10N2O2/c1-9-8-6-3-2-5(4-7)10-6/h2-3,8H,4,7H2,1H3. The number of hydrogen-bond donors (Lipinski definition) is 2. The molecule has 4 nitrogen and oxygen atoms in total. The Morgan fingerprint density at radius 3 is 3.00 bits per heavy atom. The average Bonchev–Trinajstić information content (AvgIpc) is 2.37. The van der Waals surface area contributed by atoms with Gasteiger partial charge in [0, 0.05) is 6.07 Å². The summed E-state index contributed by atoms with van der Waals surface area (Å²) in [6.45, 7) is 0.408. The highest BCUT2D eigenvalue weighted by Crippen LogP contribution is 2.11. The number of nitrogens with one attached hydrogen (secondary N) is 1. The Morgan fingerprint density at radius 1 is 1.70 bits per heavy atom. The summed E-state index contributed by atoms with van der Waals surface area (Å²) in [5.41, 5.74) is 7.84. The Balaban J connectivity index is 2.59. The van der Waals surface area contributed by atoms with Crippen molar-refractivity contribution >= 4 is 5.88 Å². The summed E-state index contributed by atoms with van der Waals surface area (Å²) in [5.74, 6) is 1.31. The molecule has 1 rings (SSSR count). The molecule has 0 unspecified atom stereocenters. The van der Waals surface area contributed by atoms with E-state index >= 15 is 0 Å². The van der Waals surface area contributed by atoms with E-state index in [0.29, 0.717) is 12.4 Å². The summed E-state index contributed by atoms with van der Waals surface area (Å²) < 4.78 is 5.11. The van der Waals surface area contributed by atoms with E-state index in [2.05, 4.69) is 10.3 Å². The van der Waals surface area contributed by atoms with E-state index in [1.54, 1.807) is 12.1 Å². The lowest BCUT2D eigenvalue weighted by Gasteiger charge is -1.95. The second-order valence-electron chi connectivity index (χ2n) is 1.78. The first-order chi connectivity index (χ1) is 4.86. The molecule has 1 aromatic rings. The van der Waals surface area contributed by atoms with E-state index < -0.39 is 0 Å². The summed E-state index contributed by atoms with van der Waals surface area (Å²) in [4.78, 5) is 4.60. The fourth-order valence-corrected chi connectivity index (χ4v) is 0.643. The van der Waals surface area contributed by atoms with Gasteiger partial charge in [0.25, 0.3) is 0 Å². The second-order valence-corrected chi connectivity index (χ2v) is 1.78. The zero-order valence-electron chi connectivity index (χ0n) is 5.76. The van der Waals surface area contributed by atoms with Crippen LogP contribution in [0.25, 0.3) is 0 Å². The molecule has 0 spiro atoms. The lowest BCUT2D eigenvalue weighted by Crippen LogP contribution is -1.94. The van der Waals surface area contributed by atoms with Crippen molar-refractivity contribution in [1.82, 2.24) is 0 Å². The molecule has 0 aliphatic heterocycles. The minimum atomic E-state index is 0.408. The van der Waals surface area contributed by atoms with Gasteiger partial charge in [0.15, 0.2) is 0 Å². The van der Waals surface area contributed by atoms with Crippen LogP contribution in [0.1, 0.15) is 5.76 Å². The highest BCUT2D eigenvalue weighted by Gasteiger charge is 1.96. The molecule has 3 N–H and O–H groups in total. The van der Waals surface area contributed by atoms with E-state index in [4.69, 9.17) is 10.2 Å². The van der Waals surface area contributed by atoms with Gasteiger partial charge in [-0.1, -0.05) is 0 Å². The van der Waals surface area contributed by atoms with E-state index in [1.807, 2.05) is 0 Å². The Bertz CT molecular complexity index is 197. The van der Waals surface area contributed by atoms with Gasteiger partial charge < -0.3 is 10.2 Å². The zero-order valence-corrected chi connectivity index (χ0v) is 5.76. The number of nitrogens with two attached hydrogens (primary N) is 1. The highest BCUT2D eigenvalue weighted by molar-refractivity contribution is 5.29. The molecule has 56 valence electrons. The van der Waals surface area contributed by atoms with Crippen LogP contribution in [0.2, 0.25) is 0 Å². The molecule has 0 aromatic carbocycles. The number of hydrogen-bond acceptors (Lipinski definition) is 4. The van der Waals surface area contributed by atoms with E-state index in [0.717, 1.165) is 5.76 Å². The topological polar surface area (TPSA) is 60.4 Å². The van der Waals surface area contributed by atoms with Crippen molar-refractivity contribution in [2.75, 3.05) is 12.6 Å². The largest absolute Gasteiger partial charge is 0.442 e. The van der Waals surface area contributed by atoms with Crippen LogP contribution >= 0.6 is 0 Å². The molecule has 0 aliphatic carbocycles. The van der Waals surface area contributed by atoms with Crippen molar-refractivity contribution in [2.45, 2.75) is 6.54 Å². The van der Waals surface area contributed by atoms with Crippen molar-refractivity contribution in [2.24, 2.45) is 5.73 Å². The molecule has 1 heterocycles. The first-order valence-electron chi connectivity index (χ1n) is 2.94. The lowest BCUT2D eigenvalue weighted by atomic mass is 10.5. The summed E-state index contributed by atoms with van der Waals surface area (Å²) in [5, 5.41) is 0. The summed E-state index contributed by atoms with van der Waals surface area (Å²) in [6.07, 6.45) is 0. The summed E-state index contributed by atoms with van der Waals surface area (Å²) >= 11 is 0. The van der Waals surface area contributed by atoms with Crippen molar-refractivity contribution < 1.29 is 9.25 Å². The lowest BCUT2D eigenvalue weighted by molar-refractivity contribution is 0.256. The third-order valence-corrected chi connectivity index (χ3v) is 1.07. The minimum Gasteiger partial charge on any atom is -0.442 e. The third-order valence-electron chi connectivity index (χ3n) is 1.07. The fraction of sp³-hybridized carbons (Fsp3) is 0.333. The van der Waals surface area contributed by atoms with Crippen molar-refractivity contribution in [1.29, 1.82) is 0 Å². The number of anilines is 1. The predicted octanol–water partition coefficient (Wildman–Crippen LogP) is 0.712. The molecular weight excluding hydrogens is 132 g/mol. The third kappa shape index (κ3) is 1.49. The molecule has 0 bridgehead atoms. The van der Waals surface area contributed by atoms with Gasteiger partial charge in [-0.05, 0) is 6.07 Å². The second kappa shape index (κ2) is 3.24. The van der Waals surface area contributed by atoms with Crippen molar-refractivity contribution in [3.63, 3.8) is 0 Å². The molecular formula is C6H10N2O2. The van der Waals surface area contributed by atoms with Gasteiger partial charge in [0.05, 0.1) is 13.7 Å². The quantitative estimate of drug-likeness (QED) is 0.610. The Hall–Kier alpha value is -1.00. The maximum absolute atomic E-state index is 5.30. The Morgan fingerprint density at radius 2 is 2.50 bits per heavy atom. The van der Waals surface area contributed by atoms with Crippen LogP contribution in [0.5, 0.6) is 0 Å². The van der Waals surface area contributed by atoms with Crippen LogP contribution in [0.3, 0.4) is 0 Å². The smallest absolute Gasteiger partial charge is 0.216 e. The van der Waals surface area contributed by atoms with E-state index in [-0.39, 0.29) is 0 Å². The molecule has 10 heavy (non-hydrogen) atoms. The maximum atomic E-state index is 5.30. The zero-order chi connectivity index (χ0) is 7.40. The molecule has 4 heteroatoms. The monoisotopic (exact) mass is 142 g/mol. The van der Waals surface area contributed by atoms with Crippen LogP contribution in [-0.2, 0) is 11.4 Å². The number of furan rings is 1. The van der Waals surface area contributed by atoms with Crippen LogP contribution in [0, 0.1) is 0 Å². The van der Waals surface area contributed by atoms with Crippen LogP contribution < -0.4 is 11.2 Å². The van der Waals surface area contributed by atoms with Crippen LogP contribution in [0.4, 0.5) is 5.88 Å². The molecule has 0 saturated heterocycles. The maximum Gasteiger partial charge on any atom is 0.216 e. The molecule has 0 radical (unpaired) electrons. The first-order valence-corrected chi connectivity index (χ1v) is 2.94. The normalized spacial score (nSPS) is 9.80. The molecule has 1 aromatic heterocycles. The van der Waals surface area contributed by atoms with Crippen molar-refractivity contribution in [3.8, 4) is 0 Å². The Labute approximate surface area is 58.9 Å². The summed E-state index contributed by atoms with van der Waals surface area (Å²) in [7, 11) is 1.52. The number of rotatable bonds is 3. The molecule has 0 amide bonds. The van der Waals surface area contributed by atoms with Gasteiger partial charge in [-0.2, -0.15) is 0 Å². The highest BCUT2D eigenvalue weighted by atomic mass is 16.6. The van der Waals surface area contributed by atoms with Crippen LogP contribution in [0.15, 0.2) is 16.5 Å². The van der Waals surface area contributed by atoms with Gasteiger partial charge in [-0.3, -0.25) is 4.84 Å². The predicted molar refractivity (Wildman–Crippen MR) is 37.2 cm³/mol. The summed E-state index contributed by atoms with van der Waals surface area (Å²) in [6, 6.07) is 3.55. The Kier molecular flexibility index (Phi) is 2.30. The van der Waals surface area contributed by atoms with Gasteiger partial charge in [0.1, 0.15) is 5.76 Å². The van der Waals surface area contributed by atoms with Crippen molar-refractivity contribution in [3.05, 3.63) is 17.9 Å². The van der Waals surface area contributed by atoms with Gasteiger partial charge in [-0.15, -0.1) is 0 Å². The molecule has 0 fully saturated rings. The van der Waals surface area contributed by atoms with Gasteiger partial charge in [0.2, 0.25) is 5.88 Å². The molecule has 0 saturated carbocycles. The fourth-order valence-electron chi connectivity index (χ4n) is 0.643. The minimum absolute atomic E-state index is 0.408. The van der Waals surface area contributed by atoms with Gasteiger partial charge >= 0.3 is 0 Å². The van der Waals surface area contributed by atoms with Crippen LogP contribution in [-0.4, -0.2) is 7.11 Å². The van der Waals surface area contributed by atoms with Gasteiger partial charge in [-0.25, -0.2) is 5.48 Å². The van der Waals surface area contributed by atoms with E-state index in [9.17, 15) is 0 Å².